The summed E-state index contributed by atoms with van der Waals surface area (Å²) in [7, 11) is 3.96. The Labute approximate surface area is 208 Å². The van der Waals surface area contributed by atoms with Crippen LogP contribution in [0.4, 0.5) is 23.4 Å². The lowest BCUT2D eigenvalue weighted by Crippen LogP contribution is -2.35. The van der Waals surface area contributed by atoms with Gasteiger partial charge in [0.2, 0.25) is 0 Å². The number of halogens is 4. The third-order valence-corrected chi connectivity index (χ3v) is 7.17. The predicted molar refractivity (Wildman–Crippen MR) is 129 cm³/mol. The van der Waals surface area contributed by atoms with E-state index in [0.29, 0.717) is 12.2 Å². The van der Waals surface area contributed by atoms with Crippen molar-refractivity contribution in [2.24, 2.45) is 0 Å². The number of aryl methyl sites for hydroxylation is 1. The van der Waals surface area contributed by atoms with Crippen LogP contribution >= 0.6 is 0 Å². The van der Waals surface area contributed by atoms with Crippen LogP contribution in [0, 0.1) is 5.82 Å². The summed E-state index contributed by atoms with van der Waals surface area (Å²) in [6.45, 7) is 3.10. The largest absolute Gasteiger partial charge is 0.419 e. The molecule has 1 aliphatic carbocycles. The van der Waals surface area contributed by atoms with E-state index in [4.69, 9.17) is 4.98 Å². The van der Waals surface area contributed by atoms with Crippen LogP contribution in [-0.2, 0) is 25.6 Å². The van der Waals surface area contributed by atoms with Gasteiger partial charge in [-0.15, -0.1) is 0 Å². The Morgan fingerprint density at radius 2 is 1.86 bits per heavy atom. The van der Waals surface area contributed by atoms with Crippen molar-refractivity contribution in [2.75, 3.05) is 38.6 Å². The molecule has 0 bridgehead atoms. The Morgan fingerprint density at radius 1 is 1.08 bits per heavy atom. The first-order chi connectivity index (χ1) is 17.2. The molecule has 0 atom stereocenters. The van der Waals surface area contributed by atoms with E-state index in [1.165, 1.54) is 11.6 Å². The number of piperidine rings is 1. The maximum atomic E-state index is 13.9. The monoisotopic (exact) mass is 502 g/mol. The van der Waals surface area contributed by atoms with Crippen LogP contribution in [0.15, 0.2) is 30.7 Å². The minimum Gasteiger partial charge on any atom is -0.356 e. The van der Waals surface area contributed by atoms with Crippen LogP contribution < -0.4 is 4.90 Å². The van der Waals surface area contributed by atoms with Gasteiger partial charge in [0.15, 0.2) is 0 Å². The predicted octanol–water partition coefficient (Wildman–Crippen LogP) is 4.93. The van der Waals surface area contributed by atoms with E-state index in [0.717, 1.165) is 81.2 Å². The summed E-state index contributed by atoms with van der Waals surface area (Å²) in [5.41, 5.74) is 1.86. The Hall–Kier alpha value is -3.01. The fraction of sp³-hybridized carbons (Fsp3) is 0.500. The zero-order valence-corrected chi connectivity index (χ0v) is 20.5. The molecule has 1 fully saturated rings. The molecule has 36 heavy (non-hydrogen) atoms. The van der Waals surface area contributed by atoms with Gasteiger partial charge in [-0.05, 0) is 64.4 Å². The summed E-state index contributed by atoms with van der Waals surface area (Å²) in [5.74, 6) is 0.813. The number of nitrogens with zero attached hydrogens (tertiary/aromatic N) is 6. The van der Waals surface area contributed by atoms with Crippen LogP contribution in [0.3, 0.4) is 0 Å². The topological polar surface area (TPSA) is 50.1 Å². The van der Waals surface area contributed by atoms with Gasteiger partial charge in [-0.25, -0.2) is 19.3 Å². The Kier molecular flexibility index (Phi) is 6.72. The molecule has 3 aromatic rings. The molecule has 192 valence electrons. The van der Waals surface area contributed by atoms with Gasteiger partial charge in [0.1, 0.15) is 23.8 Å². The molecular weight excluding hydrogens is 472 g/mol. The Morgan fingerprint density at radius 3 is 2.58 bits per heavy atom. The second-order valence-electron chi connectivity index (χ2n) is 9.91. The van der Waals surface area contributed by atoms with Gasteiger partial charge in [-0.1, -0.05) is 0 Å². The lowest BCUT2D eigenvalue weighted by Gasteiger charge is -2.33. The SMILES string of the molecule is CN(C)CCn1cc(-c2ccc(F)c(C(F)(F)F)c2)nc1C1CCN(c2ncnc3c2CCC3)CC1. The first kappa shape index (κ1) is 24.7. The van der Waals surface area contributed by atoms with Gasteiger partial charge in [0.05, 0.1) is 11.3 Å². The third kappa shape index (κ3) is 4.96. The molecule has 5 rings (SSSR count). The second-order valence-corrected chi connectivity index (χ2v) is 9.91. The minimum atomic E-state index is -4.76. The average Bonchev–Trinajstić information content (AvgIpc) is 3.50. The normalized spacial score (nSPS) is 16.7. The Balaban J connectivity index is 1.40. The van der Waals surface area contributed by atoms with Gasteiger partial charge in [0.25, 0.3) is 0 Å². The van der Waals surface area contributed by atoms with Crippen molar-refractivity contribution in [2.45, 2.75) is 50.7 Å². The van der Waals surface area contributed by atoms with Crippen molar-refractivity contribution in [3.63, 3.8) is 0 Å². The highest BCUT2D eigenvalue weighted by Crippen LogP contribution is 2.37. The fourth-order valence-electron chi connectivity index (χ4n) is 5.25. The zero-order chi connectivity index (χ0) is 25.4. The zero-order valence-electron chi connectivity index (χ0n) is 20.5. The van der Waals surface area contributed by atoms with Gasteiger partial charge in [0, 0.05) is 55.1 Å². The van der Waals surface area contributed by atoms with Crippen molar-refractivity contribution in [1.29, 1.82) is 0 Å². The van der Waals surface area contributed by atoms with Crippen molar-refractivity contribution in [1.82, 2.24) is 24.4 Å². The van der Waals surface area contributed by atoms with E-state index in [1.807, 2.05) is 14.1 Å². The molecule has 3 heterocycles. The van der Waals surface area contributed by atoms with E-state index in [9.17, 15) is 17.6 Å². The molecule has 1 aromatic carbocycles. The third-order valence-electron chi connectivity index (χ3n) is 7.17. The van der Waals surface area contributed by atoms with E-state index < -0.39 is 17.6 Å². The highest BCUT2D eigenvalue weighted by Gasteiger charge is 2.35. The summed E-state index contributed by atoms with van der Waals surface area (Å²) in [6, 6.07) is 3.09. The molecule has 0 spiro atoms. The standard InChI is InChI=1S/C26H30F4N6/c1-34(2)12-13-36-15-23(18-6-7-21(27)20(14-18)26(28,29)30)33-24(36)17-8-10-35(11-9-17)25-19-4-3-5-22(19)31-16-32-25/h6-7,14-17H,3-5,8-13H2,1-2H3. The van der Waals surface area contributed by atoms with Gasteiger partial charge >= 0.3 is 6.18 Å². The molecule has 10 heteroatoms. The number of aromatic nitrogens is 4. The molecule has 6 nitrogen and oxygen atoms in total. The first-order valence-electron chi connectivity index (χ1n) is 12.4. The molecule has 0 amide bonds. The quantitative estimate of drug-likeness (QED) is 0.448. The second kappa shape index (κ2) is 9.80. The molecule has 0 radical (unpaired) electrons. The van der Waals surface area contributed by atoms with E-state index in [-0.39, 0.29) is 11.5 Å². The smallest absolute Gasteiger partial charge is 0.356 e. The number of rotatable bonds is 6. The fourth-order valence-corrected chi connectivity index (χ4v) is 5.25. The average molecular weight is 503 g/mol. The molecule has 0 N–H and O–H groups in total. The number of fused-ring (bicyclic) bond motifs is 1. The maximum Gasteiger partial charge on any atom is 0.419 e. The van der Waals surface area contributed by atoms with Gasteiger partial charge in [-0.3, -0.25) is 0 Å². The number of hydrogen-bond acceptors (Lipinski definition) is 5. The van der Waals surface area contributed by atoms with Crippen LogP contribution in [-0.4, -0.2) is 58.1 Å². The van der Waals surface area contributed by atoms with Gasteiger partial charge < -0.3 is 14.4 Å². The van der Waals surface area contributed by atoms with Crippen molar-refractivity contribution in [3.8, 4) is 11.3 Å². The first-order valence-corrected chi connectivity index (χ1v) is 12.4. The molecular formula is C26H30F4N6. The van der Waals surface area contributed by atoms with E-state index >= 15 is 0 Å². The summed E-state index contributed by atoms with van der Waals surface area (Å²) in [5, 5.41) is 0. The number of imidazole rings is 1. The summed E-state index contributed by atoms with van der Waals surface area (Å²) in [6.07, 6.45) is 3.57. The van der Waals surface area contributed by atoms with Crippen molar-refractivity contribution in [3.05, 3.63) is 59.2 Å². The van der Waals surface area contributed by atoms with Crippen LogP contribution in [0.2, 0.25) is 0 Å². The summed E-state index contributed by atoms with van der Waals surface area (Å²) < 4.78 is 55.8. The molecule has 2 aliphatic rings. The lowest BCUT2D eigenvalue weighted by molar-refractivity contribution is -0.139. The number of benzene rings is 1. The number of hydrogen-bond donors (Lipinski definition) is 0. The maximum absolute atomic E-state index is 13.9. The molecule has 0 unspecified atom stereocenters. The number of alkyl halides is 3. The minimum absolute atomic E-state index is 0.176. The summed E-state index contributed by atoms with van der Waals surface area (Å²) in [4.78, 5) is 18.2. The summed E-state index contributed by atoms with van der Waals surface area (Å²) >= 11 is 0. The highest BCUT2D eigenvalue weighted by atomic mass is 19.4. The molecule has 1 aliphatic heterocycles. The molecule has 1 saturated heterocycles. The number of anilines is 1. The molecule has 0 saturated carbocycles. The molecule has 2 aromatic heterocycles. The van der Waals surface area contributed by atoms with Gasteiger partial charge in [-0.2, -0.15) is 13.2 Å². The van der Waals surface area contributed by atoms with E-state index in [2.05, 4.69) is 24.3 Å². The van der Waals surface area contributed by atoms with E-state index in [1.54, 1.807) is 12.5 Å². The van der Waals surface area contributed by atoms with Crippen molar-refractivity contribution >= 4 is 5.82 Å². The van der Waals surface area contributed by atoms with Crippen LogP contribution in [0.5, 0.6) is 0 Å². The van der Waals surface area contributed by atoms with Crippen LogP contribution in [0.25, 0.3) is 11.3 Å². The lowest BCUT2D eigenvalue weighted by atomic mass is 9.95. The highest BCUT2D eigenvalue weighted by molar-refractivity contribution is 5.60. The Bertz CT molecular complexity index is 1230. The van der Waals surface area contributed by atoms with Crippen LogP contribution in [0.1, 0.15) is 47.8 Å². The van der Waals surface area contributed by atoms with Crippen molar-refractivity contribution < 1.29 is 17.6 Å². The number of likely N-dealkylation sites (N-methyl/N-ethyl adjacent to an activating group) is 1.